The summed E-state index contributed by atoms with van der Waals surface area (Å²) >= 11 is 6.86. The molecule has 2 unspecified atom stereocenters. The molecular formula is C20H23Cl. The Morgan fingerprint density at radius 3 is 2.76 bits per heavy atom. The maximum Gasteiger partial charge on any atom is 0.0619 e. The predicted octanol–water partition coefficient (Wildman–Crippen LogP) is 5.78. The van der Waals surface area contributed by atoms with Crippen LogP contribution in [0.5, 0.6) is 0 Å². The minimum Gasteiger partial charge on any atom is -0.117 e. The van der Waals surface area contributed by atoms with Crippen molar-refractivity contribution in [2.45, 2.75) is 44.9 Å². The summed E-state index contributed by atoms with van der Waals surface area (Å²) in [6.07, 6.45) is 4.73. The molecule has 1 aliphatic carbocycles. The average Bonchev–Trinajstić information content (AvgIpc) is 2.64. The van der Waals surface area contributed by atoms with Crippen LogP contribution in [0, 0.1) is 19.8 Å². The van der Waals surface area contributed by atoms with Crippen LogP contribution in [0.3, 0.4) is 0 Å². The zero-order valence-corrected chi connectivity index (χ0v) is 13.7. The molecule has 0 saturated carbocycles. The second-order valence-electron chi connectivity index (χ2n) is 6.39. The minimum atomic E-state index is 0.142. The van der Waals surface area contributed by atoms with Crippen LogP contribution >= 0.6 is 11.6 Å². The van der Waals surface area contributed by atoms with E-state index in [2.05, 4.69) is 56.3 Å². The summed E-state index contributed by atoms with van der Waals surface area (Å²) in [5, 5.41) is 0.142. The first-order valence-electron chi connectivity index (χ1n) is 7.93. The summed E-state index contributed by atoms with van der Waals surface area (Å²) in [6, 6.07) is 15.5. The predicted molar refractivity (Wildman–Crippen MR) is 91.1 cm³/mol. The van der Waals surface area contributed by atoms with Gasteiger partial charge in [0.1, 0.15) is 0 Å². The standard InChI is InChI=1S/C20H23Cl/c1-14-10-11-15(2)18(12-14)13-17-8-5-7-16-6-3-4-9-19(16)20(17)21/h3-4,6,9-12,17,20H,5,7-8,13H2,1-2H3. The summed E-state index contributed by atoms with van der Waals surface area (Å²) in [6.45, 7) is 4.38. The summed E-state index contributed by atoms with van der Waals surface area (Å²) < 4.78 is 0. The molecule has 2 atom stereocenters. The van der Waals surface area contributed by atoms with Crippen molar-refractivity contribution in [3.63, 3.8) is 0 Å². The van der Waals surface area contributed by atoms with Gasteiger partial charge in [0.2, 0.25) is 0 Å². The number of fused-ring (bicyclic) bond motifs is 1. The molecule has 0 fully saturated rings. The Labute approximate surface area is 133 Å². The number of benzene rings is 2. The minimum absolute atomic E-state index is 0.142. The normalized spacial score (nSPS) is 21.7. The topological polar surface area (TPSA) is 0 Å². The second kappa shape index (κ2) is 6.23. The Bertz CT molecular complexity index is 629. The first kappa shape index (κ1) is 14.7. The fourth-order valence-corrected chi connectivity index (χ4v) is 3.92. The zero-order chi connectivity index (χ0) is 14.8. The van der Waals surface area contributed by atoms with E-state index in [0.717, 1.165) is 6.42 Å². The molecule has 0 saturated heterocycles. The van der Waals surface area contributed by atoms with Crippen LogP contribution in [0.15, 0.2) is 42.5 Å². The van der Waals surface area contributed by atoms with Gasteiger partial charge in [-0.15, -0.1) is 11.6 Å². The molecule has 1 heteroatoms. The van der Waals surface area contributed by atoms with Crippen molar-refractivity contribution in [1.82, 2.24) is 0 Å². The number of rotatable bonds is 2. The lowest BCUT2D eigenvalue weighted by molar-refractivity contribution is 0.464. The lowest BCUT2D eigenvalue weighted by Gasteiger charge is -2.22. The molecule has 0 N–H and O–H groups in total. The zero-order valence-electron chi connectivity index (χ0n) is 12.9. The van der Waals surface area contributed by atoms with Gasteiger partial charge in [0.15, 0.2) is 0 Å². The molecule has 0 amide bonds. The third-order valence-electron chi connectivity index (χ3n) is 4.77. The highest BCUT2D eigenvalue weighted by molar-refractivity contribution is 6.21. The lowest BCUT2D eigenvalue weighted by Crippen LogP contribution is -2.11. The fraction of sp³-hybridized carbons (Fsp3) is 0.400. The molecule has 0 aromatic heterocycles. The van der Waals surface area contributed by atoms with E-state index in [9.17, 15) is 0 Å². The SMILES string of the molecule is Cc1ccc(C)c(CC2CCCc3ccccc3C2Cl)c1. The van der Waals surface area contributed by atoms with Crippen LogP contribution in [0.2, 0.25) is 0 Å². The van der Waals surface area contributed by atoms with Gasteiger partial charge < -0.3 is 0 Å². The highest BCUT2D eigenvalue weighted by atomic mass is 35.5. The molecule has 1 aliphatic rings. The van der Waals surface area contributed by atoms with E-state index in [1.54, 1.807) is 0 Å². The molecule has 0 radical (unpaired) electrons. The van der Waals surface area contributed by atoms with Crippen LogP contribution in [0.4, 0.5) is 0 Å². The van der Waals surface area contributed by atoms with E-state index < -0.39 is 0 Å². The maximum absolute atomic E-state index is 6.86. The van der Waals surface area contributed by atoms with Crippen LogP contribution < -0.4 is 0 Å². The molecule has 0 bridgehead atoms. The second-order valence-corrected chi connectivity index (χ2v) is 6.86. The molecule has 110 valence electrons. The molecule has 0 aliphatic heterocycles. The highest BCUT2D eigenvalue weighted by Crippen LogP contribution is 2.39. The molecule has 2 aromatic rings. The first-order chi connectivity index (χ1) is 10.1. The van der Waals surface area contributed by atoms with Crippen LogP contribution in [0.25, 0.3) is 0 Å². The van der Waals surface area contributed by atoms with Gasteiger partial charge in [-0.1, -0.05) is 48.0 Å². The van der Waals surface area contributed by atoms with E-state index in [0.29, 0.717) is 5.92 Å². The monoisotopic (exact) mass is 298 g/mol. The molecule has 2 aromatic carbocycles. The van der Waals surface area contributed by atoms with Gasteiger partial charge in [-0.05, 0) is 67.7 Å². The van der Waals surface area contributed by atoms with Gasteiger partial charge in [0, 0.05) is 0 Å². The average molecular weight is 299 g/mol. The third-order valence-corrected chi connectivity index (χ3v) is 5.37. The molecule has 21 heavy (non-hydrogen) atoms. The molecule has 0 spiro atoms. The Hall–Kier alpha value is -1.27. The van der Waals surface area contributed by atoms with Crippen molar-refractivity contribution in [2.75, 3.05) is 0 Å². The van der Waals surface area contributed by atoms with Crippen molar-refractivity contribution in [3.8, 4) is 0 Å². The summed E-state index contributed by atoms with van der Waals surface area (Å²) in [4.78, 5) is 0. The van der Waals surface area contributed by atoms with Gasteiger partial charge in [0.05, 0.1) is 5.38 Å². The van der Waals surface area contributed by atoms with Gasteiger partial charge in [-0.2, -0.15) is 0 Å². The Morgan fingerprint density at radius 2 is 1.90 bits per heavy atom. The highest BCUT2D eigenvalue weighted by Gasteiger charge is 2.26. The number of hydrogen-bond donors (Lipinski definition) is 0. The van der Waals surface area contributed by atoms with E-state index in [1.165, 1.54) is 47.1 Å². The molecule has 0 heterocycles. The van der Waals surface area contributed by atoms with Crippen LogP contribution in [-0.4, -0.2) is 0 Å². The van der Waals surface area contributed by atoms with Gasteiger partial charge >= 0.3 is 0 Å². The van der Waals surface area contributed by atoms with E-state index in [4.69, 9.17) is 11.6 Å². The van der Waals surface area contributed by atoms with Gasteiger partial charge in [-0.25, -0.2) is 0 Å². The maximum atomic E-state index is 6.86. The molecule has 0 nitrogen and oxygen atoms in total. The van der Waals surface area contributed by atoms with Crippen molar-refractivity contribution in [3.05, 3.63) is 70.3 Å². The third kappa shape index (κ3) is 3.16. The molecule has 3 rings (SSSR count). The van der Waals surface area contributed by atoms with Crippen LogP contribution in [-0.2, 0) is 12.8 Å². The smallest absolute Gasteiger partial charge is 0.0619 e. The van der Waals surface area contributed by atoms with E-state index in [-0.39, 0.29) is 5.38 Å². The number of alkyl halides is 1. The van der Waals surface area contributed by atoms with Crippen LogP contribution in [0.1, 0.15) is 46.0 Å². The van der Waals surface area contributed by atoms with Crippen molar-refractivity contribution in [2.24, 2.45) is 5.92 Å². The Morgan fingerprint density at radius 1 is 1.10 bits per heavy atom. The first-order valence-corrected chi connectivity index (χ1v) is 8.37. The fourth-order valence-electron chi connectivity index (χ4n) is 3.49. The van der Waals surface area contributed by atoms with Gasteiger partial charge in [-0.3, -0.25) is 0 Å². The van der Waals surface area contributed by atoms with Crippen molar-refractivity contribution in [1.29, 1.82) is 0 Å². The number of halogens is 1. The lowest BCUT2D eigenvalue weighted by atomic mass is 9.88. The summed E-state index contributed by atoms with van der Waals surface area (Å²) in [7, 11) is 0. The van der Waals surface area contributed by atoms with E-state index in [1.807, 2.05) is 0 Å². The van der Waals surface area contributed by atoms with Crippen molar-refractivity contribution >= 4 is 11.6 Å². The van der Waals surface area contributed by atoms with E-state index >= 15 is 0 Å². The quantitative estimate of drug-likeness (QED) is 0.487. The Kier molecular flexibility index (Phi) is 4.35. The largest absolute Gasteiger partial charge is 0.117 e. The summed E-state index contributed by atoms with van der Waals surface area (Å²) in [5.74, 6) is 0.538. The number of aryl methyl sites for hydroxylation is 3. The Balaban J connectivity index is 1.87. The van der Waals surface area contributed by atoms with Gasteiger partial charge in [0.25, 0.3) is 0 Å². The summed E-state index contributed by atoms with van der Waals surface area (Å²) in [5.41, 5.74) is 7.00. The number of hydrogen-bond acceptors (Lipinski definition) is 0. The van der Waals surface area contributed by atoms with Crippen molar-refractivity contribution < 1.29 is 0 Å². The molecular weight excluding hydrogens is 276 g/mol.